The van der Waals surface area contributed by atoms with Gasteiger partial charge in [-0.15, -0.1) is 11.3 Å². The zero-order valence-electron chi connectivity index (χ0n) is 17.2. The molecule has 7 heteroatoms. The van der Waals surface area contributed by atoms with Gasteiger partial charge >= 0.3 is 0 Å². The highest BCUT2D eigenvalue weighted by Crippen LogP contribution is 2.21. The number of anilines is 1. The van der Waals surface area contributed by atoms with Crippen molar-refractivity contribution in [1.82, 2.24) is 19.7 Å². The van der Waals surface area contributed by atoms with E-state index in [2.05, 4.69) is 27.2 Å². The van der Waals surface area contributed by atoms with Gasteiger partial charge in [-0.25, -0.2) is 9.67 Å². The second kappa shape index (κ2) is 8.47. The summed E-state index contributed by atoms with van der Waals surface area (Å²) in [4.78, 5) is 19.7. The van der Waals surface area contributed by atoms with Gasteiger partial charge in [0.05, 0.1) is 17.1 Å². The fourth-order valence-electron chi connectivity index (χ4n) is 3.91. The molecule has 0 spiro atoms. The molecule has 1 atom stereocenters. The number of nitrogens with one attached hydrogen (secondary N) is 1. The predicted molar refractivity (Wildman–Crippen MR) is 117 cm³/mol. The number of amides is 1. The van der Waals surface area contributed by atoms with E-state index in [4.69, 9.17) is 0 Å². The average molecular weight is 410 g/mol. The third-order valence-electron chi connectivity index (χ3n) is 5.28. The number of piperidine rings is 1. The number of carbonyl (C=O) groups is 1. The van der Waals surface area contributed by atoms with Gasteiger partial charge in [0.1, 0.15) is 0 Å². The summed E-state index contributed by atoms with van der Waals surface area (Å²) in [5.74, 6) is 0.608. The zero-order valence-corrected chi connectivity index (χ0v) is 18.0. The first kappa shape index (κ1) is 19.8. The quantitative estimate of drug-likeness (QED) is 0.677. The number of likely N-dealkylation sites (tertiary alicyclic amines) is 1. The van der Waals surface area contributed by atoms with Crippen molar-refractivity contribution < 1.29 is 4.79 Å². The van der Waals surface area contributed by atoms with Crippen molar-refractivity contribution in [2.75, 3.05) is 18.4 Å². The van der Waals surface area contributed by atoms with E-state index in [1.807, 2.05) is 54.2 Å². The van der Waals surface area contributed by atoms with Gasteiger partial charge in [-0.05, 0) is 69.5 Å². The topological polar surface area (TPSA) is 63.1 Å². The van der Waals surface area contributed by atoms with E-state index < -0.39 is 0 Å². The number of carbonyl (C=O) groups excluding carboxylic acids is 1. The van der Waals surface area contributed by atoms with Crippen molar-refractivity contribution in [3.63, 3.8) is 0 Å². The van der Waals surface area contributed by atoms with E-state index in [-0.39, 0.29) is 5.91 Å². The van der Waals surface area contributed by atoms with Crippen molar-refractivity contribution >= 4 is 22.4 Å². The van der Waals surface area contributed by atoms with Crippen LogP contribution in [0.5, 0.6) is 0 Å². The average Bonchev–Trinajstić information content (AvgIpc) is 3.27. The number of hydrogen-bond donors (Lipinski definition) is 1. The molecule has 0 aliphatic carbocycles. The Labute approximate surface area is 175 Å². The van der Waals surface area contributed by atoms with Crippen LogP contribution >= 0.6 is 11.3 Å². The van der Waals surface area contributed by atoms with Crippen LogP contribution < -0.4 is 5.32 Å². The van der Waals surface area contributed by atoms with Crippen molar-refractivity contribution in [2.45, 2.75) is 40.2 Å². The fourth-order valence-corrected chi connectivity index (χ4v) is 4.61. The summed E-state index contributed by atoms with van der Waals surface area (Å²) in [6.45, 7) is 9.41. The Hall–Kier alpha value is -2.51. The molecule has 1 amide bonds. The van der Waals surface area contributed by atoms with Crippen LogP contribution in [-0.4, -0.2) is 38.7 Å². The van der Waals surface area contributed by atoms with Crippen LogP contribution in [-0.2, 0) is 6.54 Å². The maximum Gasteiger partial charge on any atom is 0.257 e. The van der Waals surface area contributed by atoms with Crippen LogP contribution in [0.4, 0.5) is 5.13 Å². The largest absolute Gasteiger partial charge is 0.298 e. The molecule has 1 unspecified atom stereocenters. The van der Waals surface area contributed by atoms with Gasteiger partial charge in [-0.3, -0.25) is 15.0 Å². The fraction of sp³-hybridized carbons (Fsp3) is 0.409. The first-order valence-electron chi connectivity index (χ1n) is 10.1. The van der Waals surface area contributed by atoms with Gasteiger partial charge in [0.15, 0.2) is 5.13 Å². The minimum atomic E-state index is -0.141. The lowest BCUT2D eigenvalue weighted by Gasteiger charge is -2.30. The minimum Gasteiger partial charge on any atom is -0.298 e. The zero-order chi connectivity index (χ0) is 20.4. The number of thiazole rings is 1. The molecule has 0 saturated carbocycles. The molecular formula is C22H27N5OS. The van der Waals surface area contributed by atoms with Crippen LogP contribution in [0.25, 0.3) is 5.69 Å². The standard InChI is InChI=1S/C22H27N5OS/c1-15-5-4-10-26(12-15)13-19-14-29-22(23-19)24-21(28)18-6-8-20(9-7-18)27-17(3)11-16(2)25-27/h6-9,11,14-15H,4-5,10,12-13H2,1-3H3,(H,23,24,28). The molecule has 152 valence electrons. The van der Waals surface area contributed by atoms with Gasteiger partial charge in [0, 0.05) is 29.7 Å². The third-order valence-corrected chi connectivity index (χ3v) is 6.09. The number of hydrogen-bond acceptors (Lipinski definition) is 5. The Morgan fingerprint density at radius 2 is 2.07 bits per heavy atom. The number of benzene rings is 1. The van der Waals surface area contributed by atoms with Crippen LogP contribution in [0.1, 0.15) is 47.2 Å². The monoisotopic (exact) mass is 409 g/mol. The third kappa shape index (κ3) is 4.74. The maximum atomic E-state index is 12.6. The summed E-state index contributed by atoms with van der Waals surface area (Å²) >= 11 is 1.48. The summed E-state index contributed by atoms with van der Waals surface area (Å²) in [6, 6.07) is 9.51. The Morgan fingerprint density at radius 1 is 1.28 bits per heavy atom. The SMILES string of the molecule is Cc1cc(C)n(-c2ccc(C(=O)Nc3nc(CN4CCCC(C)C4)cs3)cc2)n1. The van der Waals surface area contributed by atoms with Crippen LogP contribution in [0.3, 0.4) is 0 Å². The molecule has 1 aliphatic heterocycles. The highest BCUT2D eigenvalue weighted by atomic mass is 32.1. The summed E-state index contributed by atoms with van der Waals surface area (Å²) in [5.41, 5.74) is 4.62. The molecule has 3 heterocycles. The van der Waals surface area contributed by atoms with Gasteiger partial charge in [0.2, 0.25) is 0 Å². The second-order valence-corrected chi connectivity index (χ2v) is 8.82. The van der Waals surface area contributed by atoms with Crippen molar-refractivity contribution in [2.24, 2.45) is 5.92 Å². The van der Waals surface area contributed by atoms with Crippen LogP contribution in [0.2, 0.25) is 0 Å². The first-order valence-corrected chi connectivity index (χ1v) is 11.0. The molecule has 1 saturated heterocycles. The van der Waals surface area contributed by atoms with Crippen LogP contribution in [0, 0.1) is 19.8 Å². The molecule has 1 aromatic carbocycles. The van der Waals surface area contributed by atoms with Crippen LogP contribution in [0.15, 0.2) is 35.7 Å². The van der Waals surface area contributed by atoms with Gasteiger partial charge < -0.3 is 0 Å². The Balaban J connectivity index is 1.38. The molecule has 2 aromatic heterocycles. The normalized spacial score (nSPS) is 17.4. The molecule has 1 aliphatic rings. The Bertz CT molecular complexity index is 991. The smallest absolute Gasteiger partial charge is 0.257 e. The van der Waals surface area contributed by atoms with E-state index in [9.17, 15) is 4.79 Å². The predicted octanol–water partition coefficient (Wildman–Crippen LogP) is 4.43. The van der Waals surface area contributed by atoms with E-state index in [0.29, 0.717) is 10.7 Å². The second-order valence-electron chi connectivity index (χ2n) is 7.97. The summed E-state index contributed by atoms with van der Waals surface area (Å²) < 4.78 is 1.88. The summed E-state index contributed by atoms with van der Waals surface area (Å²) in [7, 11) is 0. The highest BCUT2D eigenvalue weighted by Gasteiger charge is 2.18. The van der Waals surface area contributed by atoms with Gasteiger partial charge in [-0.1, -0.05) is 6.92 Å². The lowest BCUT2D eigenvalue weighted by Crippen LogP contribution is -2.33. The molecule has 6 nitrogen and oxygen atoms in total. The molecule has 0 radical (unpaired) electrons. The van der Waals surface area contributed by atoms with Crippen molar-refractivity contribution in [3.05, 3.63) is 58.4 Å². The van der Waals surface area contributed by atoms with E-state index in [1.54, 1.807) is 0 Å². The number of aromatic nitrogens is 3. The Kier molecular flexibility index (Phi) is 5.78. The molecule has 0 bridgehead atoms. The lowest BCUT2D eigenvalue weighted by molar-refractivity contribution is 0.102. The number of nitrogens with zero attached hydrogens (tertiary/aromatic N) is 4. The lowest BCUT2D eigenvalue weighted by atomic mass is 10.0. The van der Waals surface area contributed by atoms with E-state index >= 15 is 0 Å². The van der Waals surface area contributed by atoms with E-state index in [1.165, 1.54) is 24.2 Å². The highest BCUT2D eigenvalue weighted by molar-refractivity contribution is 7.13. The summed E-state index contributed by atoms with van der Waals surface area (Å²) in [5, 5.41) is 10.1. The first-order chi connectivity index (χ1) is 14.0. The minimum absolute atomic E-state index is 0.141. The maximum absolute atomic E-state index is 12.6. The number of rotatable bonds is 5. The summed E-state index contributed by atoms with van der Waals surface area (Å²) in [6.07, 6.45) is 2.57. The molecule has 4 rings (SSSR count). The molecular weight excluding hydrogens is 382 g/mol. The van der Waals surface area contributed by atoms with Crippen molar-refractivity contribution in [1.29, 1.82) is 0 Å². The molecule has 1 N–H and O–H groups in total. The van der Waals surface area contributed by atoms with E-state index in [0.717, 1.165) is 48.3 Å². The molecule has 3 aromatic rings. The van der Waals surface area contributed by atoms with Crippen molar-refractivity contribution in [3.8, 4) is 5.69 Å². The van der Waals surface area contributed by atoms with Gasteiger partial charge in [0.25, 0.3) is 5.91 Å². The molecule has 29 heavy (non-hydrogen) atoms. The van der Waals surface area contributed by atoms with Gasteiger partial charge in [-0.2, -0.15) is 5.10 Å². The number of aryl methyl sites for hydroxylation is 2. The molecule has 1 fully saturated rings. The Morgan fingerprint density at radius 3 is 2.76 bits per heavy atom.